The van der Waals surface area contributed by atoms with Crippen LogP contribution in [0.5, 0.6) is 0 Å². The van der Waals surface area contributed by atoms with Gasteiger partial charge in [0.05, 0.1) is 4.90 Å². The summed E-state index contributed by atoms with van der Waals surface area (Å²) in [5, 5.41) is 5.11. The molecule has 2 rings (SSSR count). The summed E-state index contributed by atoms with van der Waals surface area (Å²) in [5.41, 5.74) is 2.48. The average Bonchev–Trinajstić information content (AvgIpc) is 2.70. The van der Waals surface area contributed by atoms with Crippen LogP contribution in [-0.4, -0.2) is 44.2 Å². The van der Waals surface area contributed by atoms with Gasteiger partial charge in [0.25, 0.3) is 0 Å². The number of carbonyl (C=O) groups is 2. The number of carbonyl (C=O) groups excluding carboxylic acids is 2. The third-order valence-electron chi connectivity index (χ3n) is 4.48. The fourth-order valence-electron chi connectivity index (χ4n) is 2.77. The molecule has 0 saturated heterocycles. The van der Waals surface area contributed by atoms with Crippen LogP contribution >= 0.6 is 0 Å². The lowest BCUT2D eigenvalue weighted by molar-refractivity contribution is -0.136. The third-order valence-corrected chi connectivity index (χ3v) is 6.55. The molecule has 0 aliphatic rings. The van der Waals surface area contributed by atoms with Crippen LogP contribution in [0.2, 0.25) is 0 Å². The molecule has 0 aliphatic carbocycles. The molecule has 8 heteroatoms. The van der Waals surface area contributed by atoms with E-state index >= 15 is 0 Å². The molecule has 0 fully saturated rings. The maximum absolute atomic E-state index is 12.5. The van der Waals surface area contributed by atoms with Gasteiger partial charge < -0.3 is 10.6 Å². The molecule has 29 heavy (non-hydrogen) atoms. The molecule has 0 radical (unpaired) electrons. The molecule has 0 atom stereocenters. The van der Waals surface area contributed by atoms with E-state index in [9.17, 15) is 18.0 Å². The van der Waals surface area contributed by atoms with Crippen molar-refractivity contribution in [3.05, 3.63) is 59.7 Å². The van der Waals surface area contributed by atoms with Gasteiger partial charge in [0.2, 0.25) is 10.0 Å². The maximum Gasteiger partial charge on any atom is 0.313 e. The second-order valence-electron chi connectivity index (χ2n) is 6.56. The lowest BCUT2D eigenvalue weighted by Gasteiger charge is -2.18. The van der Waals surface area contributed by atoms with Crippen LogP contribution in [0.1, 0.15) is 25.0 Å². The summed E-state index contributed by atoms with van der Waals surface area (Å²) in [5.74, 6) is -1.44. The number of benzene rings is 2. The van der Waals surface area contributed by atoms with Crippen LogP contribution in [0.3, 0.4) is 0 Å². The van der Waals surface area contributed by atoms with Crippen molar-refractivity contribution in [2.45, 2.75) is 32.1 Å². The highest BCUT2D eigenvalue weighted by molar-refractivity contribution is 7.89. The zero-order chi connectivity index (χ0) is 21.4. The van der Waals surface area contributed by atoms with Crippen molar-refractivity contribution >= 4 is 27.5 Å². The van der Waals surface area contributed by atoms with E-state index < -0.39 is 21.8 Å². The number of hydrogen-bond donors (Lipinski definition) is 2. The van der Waals surface area contributed by atoms with E-state index in [1.165, 1.54) is 4.31 Å². The van der Waals surface area contributed by atoms with E-state index in [0.29, 0.717) is 25.2 Å². The fourth-order valence-corrected chi connectivity index (χ4v) is 4.22. The van der Waals surface area contributed by atoms with Crippen molar-refractivity contribution in [2.75, 3.05) is 25.0 Å². The van der Waals surface area contributed by atoms with Crippen LogP contribution in [0.25, 0.3) is 0 Å². The van der Waals surface area contributed by atoms with Gasteiger partial charge in [-0.1, -0.05) is 43.7 Å². The molecule has 0 bridgehead atoms. The summed E-state index contributed by atoms with van der Waals surface area (Å²) in [6, 6.07) is 13.7. The quantitative estimate of drug-likeness (QED) is 0.645. The maximum atomic E-state index is 12.5. The monoisotopic (exact) mass is 417 g/mol. The topological polar surface area (TPSA) is 95.6 Å². The van der Waals surface area contributed by atoms with Gasteiger partial charge >= 0.3 is 11.8 Å². The van der Waals surface area contributed by atoms with Crippen LogP contribution in [0, 0.1) is 6.92 Å². The molecule has 0 aromatic heterocycles. The first-order valence-electron chi connectivity index (χ1n) is 9.52. The zero-order valence-corrected chi connectivity index (χ0v) is 17.8. The Balaban J connectivity index is 1.86. The van der Waals surface area contributed by atoms with Crippen molar-refractivity contribution in [3.63, 3.8) is 0 Å². The van der Waals surface area contributed by atoms with Crippen molar-refractivity contribution in [3.8, 4) is 0 Å². The summed E-state index contributed by atoms with van der Waals surface area (Å²) in [4.78, 5) is 24.1. The van der Waals surface area contributed by atoms with E-state index in [1.54, 1.807) is 50.2 Å². The van der Waals surface area contributed by atoms with Gasteiger partial charge in [-0.2, -0.15) is 4.31 Å². The largest absolute Gasteiger partial charge is 0.347 e. The molecule has 0 spiro atoms. The Labute approximate surface area is 172 Å². The normalized spacial score (nSPS) is 11.3. The molecular weight excluding hydrogens is 390 g/mol. The zero-order valence-electron chi connectivity index (χ0n) is 16.9. The SMILES string of the molecule is CCN(CC)S(=O)(=O)c1ccc(CCNC(=O)C(=O)Nc2ccc(C)cc2)cc1. The minimum Gasteiger partial charge on any atom is -0.347 e. The molecule has 7 nitrogen and oxygen atoms in total. The predicted octanol–water partition coefficient (Wildman–Crippen LogP) is 2.32. The van der Waals surface area contributed by atoms with Gasteiger partial charge in [0.15, 0.2) is 0 Å². The number of nitrogens with zero attached hydrogens (tertiary/aromatic N) is 1. The lowest BCUT2D eigenvalue weighted by atomic mass is 10.1. The van der Waals surface area contributed by atoms with E-state index in [1.807, 2.05) is 19.1 Å². The Kier molecular flexibility index (Phi) is 7.92. The van der Waals surface area contributed by atoms with Gasteiger partial charge in [-0.3, -0.25) is 9.59 Å². The fraction of sp³-hybridized carbons (Fsp3) is 0.333. The van der Waals surface area contributed by atoms with Gasteiger partial charge in [0, 0.05) is 25.3 Å². The minimum absolute atomic E-state index is 0.242. The highest BCUT2D eigenvalue weighted by Gasteiger charge is 2.21. The number of hydrogen-bond acceptors (Lipinski definition) is 4. The van der Waals surface area contributed by atoms with Gasteiger partial charge in [-0.25, -0.2) is 8.42 Å². The average molecular weight is 418 g/mol. The summed E-state index contributed by atoms with van der Waals surface area (Å²) >= 11 is 0. The second kappa shape index (κ2) is 10.2. The number of rotatable bonds is 8. The highest BCUT2D eigenvalue weighted by Crippen LogP contribution is 2.16. The predicted molar refractivity (Wildman–Crippen MR) is 113 cm³/mol. The smallest absolute Gasteiger partial charge is 0.313 e. The molecule has 2 N–H and O–H groups in total. The van der Waals surface area contributed by atoms with E-state index in [-0.39, 0.29) is 11.4 Å². The lowest BCUT2D eigenvalue weighted by Crippen LogP contribution is -2.36. The molecule has 2 aromatic rings. The Hall–Kier alpha value is -2.71. The van der Waals surface area contributed by atoms with Gasteiger partial charge in [-0.05, 0) is 43.2 Å². The van der Waals surface area contributed by atoms with Crippen LogP contribution in [-0.2, 0) is 26.0 Å². The van der Waals surface area contributed by atoms with Crippen molar-refractivity contribution < 1.29 is 18.0 Å². The summed E-state index contributed by atoms with van der Waals surface area (Å²) in [6.07, 6.45) is 0.481. The summed E-state index contributed by atoms with van der Waals surface area (Å²) in [7, 11) is -3.48. The molecule has 0 saturated carbocycles. The highest BCUT2D eigenvalue weighted by atomic mass is 32.2. The molecule has 156 valence electrons. The van der Waals surface area contributed by atoms with E-state index in [4.69, 9.17) is 0 Å². The number of aryl methyl sites for hydroxylation is 1. The first kappa shape index (κ1) is 22.6. The minimum atomic E-state index is -3.48. The van der Waals surface area contributed by atoms with Gasteiger partial charge in [-0.15, -0.1) is 0 Å². The third kappa shape index (κ3) is 6.13. The molecule has 2 amide bonds. The van der Waals surface area contributed by atoms with Crippen molar-refractivity contribution in [2.24, 2.45) is 0 Å². The summed E-state index contributed by atoms with van der Waals surface area (Å²) in [6.45, 7) is 6.63. The molecule has 0 unspecified atom stereocenters. The molecular formula is C21H27N3O4S. The van der Waals surface area contributed by atoms with Crippen molar-refractivity contribution in [1.82, 2.24) is 9.62 Å². The van der Waals surface area contributed by atoms with Crippen LogP contribution in [0.15, 0.2) is 53.4 Å². The molecule has 0 heterocycles. The van der Waals surface area contributed by atoms with Gasteiger partial charge in [0.1, 0.15) is 0 Å². The standard InChI is InChI=1S/C21H27N3O4S/c1-4-24(5-2)29(27,28)19-12-8-17(9-13-19)14-15-22-20(25)21(26)23-18-10-6-16(3)7-11-18/h6-13H,4-5,14-15H2,1-3H3,(H,22,25)(H,23,26). The van der Waals surface area contributed by atoms with E-state index in [2.05, 4.69) is 10.6 Å². The number of sulfonamides is 1. The first-order valence-corrected chi connectivity index (χ1v) is 11.0. The van der Waals surface area contributed by atoms with Crippen LogP contribution in [0.4, 0.5) is 5.69 Å². The Morgan fingerprint density at radius 2 is 1.48 bits per heavy atom. The Morgan fingerprint density at radius 1 is 0.897 bits per heavy atom. The first-order chi connectivity index (χ1) is 13.8. The Morgan fingerprint density at radius 3 is 2.03 bits per heavy atom. The van der Waals surface area contributed by atoms with E-state index in [0.717, 1.165) is 11.1 Å². The number of amides is 2. The molecule has 2 aromatic carbocycles. The Bertz CT molecular complexity index is 935. The number of nitrogens with one attached hydrogen (secondary N) is 2. The molecule has 0 aliphatic heterocycles. The number of anilines is 1. The summed E-state index contributed by atoms with van der Waals surface area (Å²) < 4.78 is 26.4. The van der Waals surface area contributed by atoms with Crippen LogP contribution < -0.4 is 10.6 Å². The van der Waals surface area contributed by atoms with Crippen molar-refractivity contribution in [1.29, 1.82) is 0 Å². The second-order valence-corrected chi connectivity index (χ2v) is 8.50.